The fraction of sp³-hybridized carbons (Fsp3) is 0.292. The number of hydrogen-bond acceptors (Lipinski definition) is 5. The third kappa shape index (κ3) is 3.91. The van der Waals surface area contributed by atoms with E-state index in [1.165, 1.54) is 29.5 Å². The van der Waals surface area contributed by atoms with Crippen molar-refractivity contribution >= 4 is 11.9 Å². The Morgan fingerprint density at radius 1 is 0.900 bits per heavy atom. The number of hydrogen-bond donors (Lipinski definition) is 1. The molecule has 30 heavy (non-hydrogen) atoms. The molecular weight excluding hydrogens is 374 g/mol. The highest BCUT2D eigenvalue weighted by atomic mass is 16.2. The molecule has 0 bridgehead atoms. The molecule has 2 aliphatic rings. The van der Waals surface area contributed by atoms with E-state index in [-0.39, 0.29) is 12.1 Å². The summed E-state index contributed by atoms with van der Waals surface area (Å²) in [5.74, 6) is 0.813. The normalized spacial score (nSPS) is 19.3. The molecule has 0 radical (unpaired) electrons. The van der Waals surface area contributed by atoms with Crippen molar-refractivity contribution in [3.8, 4) is 11.1 Å². The van der Waals surface area contributed by atoms with Crippen LogP contribution in [0.2, 0.25) is 0 Å². The third-order valence-electron chi connectivity index (χ3n) is 5.82. The van der Waals surface area contributed by atoms with Gasteiger partial charge in [0.25, 0.3) is 0 Å². The second kappa shape index (κ2) is 8.24. The summed E-state index contributed by atoms with van der Waals surface area (Å²) in [7, 11) is 0. The van der Waals surface area contributed by atoms with Gasteiger partial charge in [-0.1, -0.05) is 54.6 Å². The van der Waals surface area contributed by atoms with Gasteiger partial charge in [0.05, 0.1) is 6.54 Å². The van der Waals surface area contributed by atoms with Crippen molar-refractivity contribution in [3.63, 3.8) is 0 Å². The summed E-state index contributed by atoms with van der Waals surface area (Å²) in [6, 6.07) is 18.9. The molecule has 0 spiro atoms. The number of aromatic nitrogens is 2. The van der Waals surface area contributed by atoms with Gasteiger partial charge >= 0.3 is 0 Å². The highest BCUT2D eigenvalue weighted by Gasteiger charge is 2.31. The third-order valence-corrected chi connectivity index (χ3v) is 5.82. The number of carbonyl (C=O) groups excluding carboxylic acids is 1. The fourth-order valence-corrected chi connectivity index (χ4v) is 4.23. The molecule has 6 nitrogen and oxygen atoms in total. The molecule has 5 rings (SSSR count). The average molecular weight is 399 g/mol. The Morgan fingerprint density at radius 2 is 1.57 bits per heavy atom. The van der Waals surface area contributed by atoms with E-state index in [0.717, 1.165) is 24.6 Å². The molecule has 2 aliphatic heterocycles. The summed E-state index contributed by atoms with van der Waals surface area (Å²) < 4.78 is 0. The molecule has 2 fully saturated rings. The SMILES string of the molecule is O=C1CN(Cc2ccc(-c3ccccc3)cc2)[C@@H](c2cnc(N3CCCC3)nc2)N1. The Hall–Kier alpha value is -3.25. The van der Waals surface area contributed by atoms with Gasteiger partial charge < -0.3 is 10.2 Å². The molecule has 152 valence electrons. The van der Waals surface area contributed by atoms with Crippen molar-refractivity contribution in [2.24, 2.45) is 0 Å². The van der Waals surface area contributed by atoms with E-state index in [9.17, 15) is 4.79 Å². The first-order chi connectivity index (χ1) is 14.8. The van der Waals surface area contributed by atoms with Crippen molar-refractivity contribution in [1.29, 1.82) is 0 Å². The average Bonchev–Trinajstić information content (AvgIpc) is 3.45. The van der Waals surface area contributed by atoms with Gasteiger partial charge in [-0.25, -0.2) is 9.97 Å². The lowest BCUT2D eigenvalue weighted by Crippen LogP contribution is -2.28. The fourth-order valence-electron chi connectivity index (χ4n) is 4.23. The van der Waals surface area contributed by atoms with E-state index >= 15 is 0 Å². The van der Waals surface area contributed by atoms with E-state index < -0.39 is 0 Å². The van der Waals surface area contributed by atoms with Crippen LogP contribution in [0.3, 0.4) is 0 Å². The summed E-state index contributed by atoms with van der Waals surface area (Å²) in [5, 5.41) is 3.06. The minimum Gasteiger partial charge on any atom is -0.341 e. The van der Waals surface area contributed by atoms with E-state index in [2.05, 4.69) is 61.5 Å². The Morgan fingerprint density at radius 3 is 2.27 bits per heavy atom. The first kappa shape index (κ1) is 18.8. The first-order valence-corrected chi connectivity index (χ1v) is 10.5. The van der Waals surface area contributed by atoms with Crippen LogP contribution in [0.25, 0.3) is 11.1 Å². The molecule has 2 aromatic carbocycles. The van der Waals surface area contributed by atoms with Gasteiger partial charge in [-0.05, 0) is 29.5 Å². The van der Waals surface area contributed by atoms with E-state index in [0.29, 0.717) is 13.1 Å². The van der Waals surface area contributed by atoms with Crippen LogP contribution in [0.5, 0.6) is 0 Å². The zero-order valence-corrected chi connectivity index (χ0v) is 16.9. The Balaban J connectivity index is 1.30. The lowest BCUT2D eigenvalue weighted by molar-refractivity contribution is -0.118. The maximum absolute atomic E-state index is 12.1. The number of anilines is 1. The molecule has 1 amide bonds. The molecular formula is C24H25N5O. The van der Waals surface area contributed by atoms with Gasteiger partial charge in [0.2, 0.25) is 11.9 Å². The van der Waals surface area contributed by atoms with E-state index in [4.69, 9.17) is 0 Å². The summed E-state index contributed by atoms with van der Waals surface area (Å²) in [6.07, 6.45) is 5.89. The highest BCUT2D eigenvalue weighted by Crippen LogP contribution is 2.26. The topological polar surface area (TPSA) is 61.4 Å². The monoisotopic (exact) mass is 399 g/mol. The Labute approximate surface area is 176 Å². The Kier molecular flexibility index (Phi) is 5.15. The lowest BCUT2D eigenvalue weighted by atomic mass is 10.0. The van der Waals surface area contributed by atoms with Gasteiger partial charge in [0.15, 0.2) is 0 Å². The minimum atomic E-state index is -0.195. The highest BCUT2D eigenvalue weighted by molar-refractivity contribution is 5.80. The number of benzene rings is 2. The predicted molar refractivity (Wildman–Crippen MR) is 117 cm³/mol. The summed E-state index contributed by atoms with van der Waals surface area (Å²) >= 11 is 0. The van der Waals surface area contributed by atoms with Crippen molar-refractivity contribution in [1.82, 2.24) is 20.2 Å². The van der Waals surface area contributed by atoms with Crippen LogP contribution in [0.4, 0.5) is 5.95 Å². The molecule has 3 aromatic rings. The lowest BCUT2D eigenvalue weighted by Gasteiger charge is -2.23. The van der Waals surface area contributed by atoms with Crippen molar-refractivity contribution in [2.45, 2.75) is 25.6 Å². The van der Waals surface area contributed by atoms with Gasteiger partial charge in [0, 0.05) is 37.6 Å². The van der Waals surface area contributed by atoms with Crippen LogP contribution in [0, 0.1) is 0 Å². The van der Waals surface area contributed by atoms with Crippen LogP contribution < -0.4 is 10.2 Å². The molecule has 1 N–H and O–H groups in total. The molecule has 0 saturated carbocycles. The smallest absolute Gasteiger partial charge is 0.235 e. The molecule has 0 aliphatic carbocycles. The van der Waals surface area contributed by atoms with Crippen LogP contribution in [0.1, 0.15) is 30.1 Å². The zero-order valence-electron chi connectivity index (χ0n) is 16.9. The van der Waals surface area contributed by atoms with Gasteiger partial charge in [-0.3, -0.25) is 9.69 Å². The summed E-state index contributed by atoms with van der Waals surface area (Å²) in [6.45, 7) is 3.10. The Bertz CT molecular complexity index is 998. The molecule has 6 heteroatoms. The molecule has 3 heterocycles. The van der Waals surface area contributed by atoms with Crippen molar-refractivity contribution in [3.05, 3.63) is 78.1 Å². The zero-order chi connectivity index (χ0) is 20.3. The maximum atomic E-state index is 12.1. The second-order valence-corrected chi connectivity index (χ2v) is 7.95. The number of nitrogens with one attached hydrogen (secondary N) is 1. The first-order valence-electron chi connectivity index (χ1n) is 10.5. The molecule has 2 saturated heterocycles. The minimum absolute atomic E-state index is 0.0320. The second-order valence-electron chi connectivity index (χ2n) is 7.95. The van der Waals surface area contributed by atoms with E-state index in [1.807, 2.05) is 30.6 Å². The standard InChI is InChI=1S/C24H25N5O/c30-22-17-29(16-18-8-10-20(11-9-18)19-6-2-1-3-7-19)23(27-22)21-14-25-24(26-15-21)28-12-4-5-13-28/h1-3,6-11,14-15,23H,4-5,12-13,16-17H2,(H,27,30)/t23-/m0/s1. The van der Waals surface area contributed by atoms with Crippen LogP contribution in [-0.4, -0.2) is 40.4 Å². The van der Waals surface area contributed by atoms with Gasteiger partial charge in [-0.15, -0.1) is 0 Å². The van der Waals surface area contributed by atoms with Crippen LogP contribution in [-0.2, 0) is 11.3 Å². The summed E-state index contributed by atoms with van der Waals surface area (Å²) in [5.41, 5.74) is 4.49. The number of nitrogens with zero attached hydrogens (tertiary/aromatic N) is 4. The molecule has 0 unspecified atom stereocenters. The quantitative estimate of drug-likeness (QED) is 0.713. The number of carbonyl (C=O) groups is 1. The molecule has 1 aromatic heterocycles. The largest absolute Gasteiger partial charge is 0.341 e. The van der Waals surface area contributed by atoms with Gasteiger partial charge in [-0.2, -0.15) is 0 Å². The predicted octanol–water partition coefficient (Wildman–Crippen LogP) is 3.37. The van der Waals surface area contributed by atoms with Crippen LogP contribution >= 0.6 is 0 Å². The van der Waals surface area contributed by atoms with Gasteiger partial charge in [0.1, 0.15) is 6.17 Å². The van der Waals surface area contributed by atoms with Crippen molar-refractivity contribution < 1.29 is 4.79 Å². The summed E-state index contributed by atoms with van der Waals surface area (Å²) in [4.78, 5) is 25.6. The van der Waals surface area contributed by atoms with Crippen molar-refractivity contribution in [2.75, 3.05) is 24.5 Å². The van der Waals surface area contributed by atoms with Crippen LogP contribution in [0.15, 0.2) is 67.0 Å². The maximum Gasteiger partial charge on any atom is 0.235 e. The molecule has 1 atom stereocenters. The number of rotatable bonds is 5. The van der Waals surface area contributed by atoms with E-state index in [1.54, 1.807) is 0 Å². The number of amides is 1.